The van der Waals surface area contributed by atoms with Gasteiger partial charge in [-0.2, -0.15) is 0 Å². The lowest BCUT2D eigenvalue weighted by molar-refractivity contribution is -0.140. The van der Waals surface area contributed by atoms with Crippen LogP contribution in [-0.4, -0.2) is 19.2 Å². The summed E-state index contributed by atoms with van der Waals surface area (Å²) < 4.78 is 10.5. The van der Waals surface area contributed by atoms with Gasteiger partial charge in [0, 0.05) is 6.42 Å². The molecule has 0 bridgehead atoms. The molecular weight excluding hydrogens is 312 g/mol. The molecule has 2 rings (SSSR count). The largest absolute Gasteiger partial charge is 0.469 e. The molecule has 0 saturated carbocycles. The second-order valence-corrected chi connectivity index (χ2v) is 7.18. The first kappa shape index (κ1) is 20.0. The molecule has 1 aliphatic rings. The van der Waals surface area contributed by atoms with Crippen molar-refractivity contribution in [3.05, 3.63) is 35.4 Å². The van der Waals surface area contributed by atoms with Crippen molar-refractivity contribution in [2.45, 2.75) is 89.8 Å². The summed E-state index contributed by atoms with van der Waals surface area (Å²) in [6.45, 7) is 2.26. The highest BCUT2D eigenvalue weighted by Gasteiger charge is 2.39. The van der Waals surface area contributed by atoms with Crippen LogP contribution in [-0.2, 0) is 20.7 Å². The Bertz CT molecular complexity index is 494. The number of hydrogen-bond acceptors (Lipinski definition) is 3. The number of aryl methyl sites for hydroxylation is 1. The number of methoxy groups -OCH3 is 1. The molecule has 1 aromatic carbocycles. The maximum Gasteiger partial charge on any atom is 0.305 e. The summed E-state index contributed by atoms with van der Waals surface area (Å²) in [5, 5.41) is 0. The van der Waals surface area contributed by atoms with Crippen molar-refractivity contribution in [2.75, 3.05) is 7.11 Å². The molecular formula is C22H34O3. The molecule has 0 aliphatic carbocycles. The maximum atomic E-state index is 11.1. The van der Waals surface area contributed by atoms with Crippen LogP contribution in [0.4, 0.5) is 0 Å². The molecule has 0 amide bonds. The Labute approximate surface area is 153 Å². The van der Waals surface area contributed by atoms with Gasteiger partial charge in [-0.15, -0.1) is 0 Å². The molecule has 0 aromatic heterocycles. The van der Waals surface area contributed by atoms with Gasteiger partial charge in [-0.25, -0.2) is 0 Å². The molecule has 3 heteroatoms. The predicted molar refractivity (Wildman–Crippen MR) is 102 cm³/mol. The summed E-state index contributed by atoms with van der Waals surface area (Å²) in [5.41, 5.74) is 2.74. The van der Waals surface area contributed by atoms with Gasteiger partial charge < -0.3 is 9.47 Å². The fourth-order valence-electron chi connectivity index (χ4n) is 3.36. The molecule has 1 fully saturated rings. The second-order valence-electron chi connectivity index (χ2n) is 7.18. The zero-order valence-corrected chi connectivity index (χ0v) is 16.0. The van der Waals surface area contributed by atoms with E-state index in [0.717, 1.165) is 19.3 Å². The molecule has 140 valence electrons. The highest BCUT2D eigenvalue weighted by molar-refractivity contribution is 5.68. The van der Waals surface area contributed by atoms with E-state index in [9.17, 15) is 4.79 Å². The highest BCUT2D eigenvalue weighted by atomic mass is 16.6. The third kappa shape index (κ3) is 7.60. The highest BCUT2D eigenvalue weighted by Crippen LogP contribution is 2.41. The minimum Gasteiger partial charge on any atom is -0.469 e. The van der Waals surface area contributed by atoms with Crippen LogP contribution in [0.1, 0.15) is 88.4 Å². The van der Waals surface area contributed by atoms with Crippen molar-refractivity contribution in [1.82, 2.24) is 0 Å². The van der Waals surface area contributed by atoms with Crippen LogP contribution in [0.25, 0.3) is 0 Å². The number of benzene rings is 1. The van der Waals surface area contributed by atoms with E-state index >= 15 is 0 Å². The lowest BCUT2D eigenvalue weighted by Gasteiger charge is -2.03. The van der Waals surface area contributed by atoms with Crippen LogP contribution in [0.15, 0.2) is 24.3 Å². The molecule has 1 saturated heterocycles. The number of ether oxygens (including phenoxy) is 2. The van der Waals surface area contributed by atoms with Crippen LogP contribution >= 0.6 is 0 Å². The number of hydrogen-bond donors (Lipinski definition) is 0. The molecule has 3 nitrogen and oxygen atoms in total. The van der Waals surface area contributed by atoms with Crippen LogP contribution in [0.3, 0.4) is 0 Å². The first-order valence-electron chi connectivity index (χ1n) is 10.1. The Morgan fingerprint density at radius 3 is 2.44 bits per heavy atom. The van der Waals surface area contributed by atoms with Crippen molar-refractivity contribution >= 4 is 5.97 Å². The zero-order chi connectivity index (χ0) is 17.9. The van der Waals surface area contributed by atoms with Crippen LogP contribution in [0, 0.1) is 0 Å². The number of unbranched alkanes of at least 4 members (excludes halogenated alkanes) is 6. The van der Waals surface area contributed by atoms with Crippen molar-refractivity contribution in [3.8, 4) is 0 Å². The van der Waals surface area contributed by atoms with E-state index < -0.39 is 0 Å². The van der Waals surface area contributed by atoms with E-state index in [-0.39, 0.29) is 12.1 Å². The fraction of sp³-hybridized carbons (Fsp3) is 0.682. The van der Waals surface area contributed by atoms with Crippen LogP contribution < -0.4 is 0 Å². The van der Waals surface area contributed by atoms with Gasteiger partial charge in [-0.3, -0.25) is 4.79 Å². The zero-order valence-electron chi connectivity index (χ0n) is 16.0. The Kier molecular flexibility index (Phi) is 9.03. The normalized spacial score (nSPS) is 19.0. The van der Waals surface area contributed by atoms with Crippen LogP contribution in [0.2, 0.25) is 0 Å². The summed E-state index contributed by atoms with van der Waals surface area (Å²) in [7, 11) is 1.44. The molecule has 1 heterocycles. The number of carbonyl (C=O) groups excluding carboxylic acids is 1. The van der Waals surface area contributed by atoms with Crippen molar-refractivity contribution in [3.63, 3.8) is 0 Å². The minimum atomic E-state index is -0.116. The molecule has 0 N–H and O–H groups in total. The predicted octanol–water partition coefficient (Wildman–Crippen LogP) is 5.76. The standard InChI is InChI=1S/C22H34O3/c1-3-4-5-6-7-8-11-18-14-16-19(17-15-18)22-20(25-22)12-9-10-13-21(23)24-2/h14-17,20,22H,3-13H2,1-2H3/t20-,22-/m0/s1. The summed E-state index contributed by atoms with van der Waals surface area (Å²) in [6.07, 6.45) is 13.3. The summed E-state index contributed by atoms with van der Waals surface area (Å²) in [6, 6.07) is 8.98. The summed E-state index contributed by atoms with van der Waals surface area (Å²) in [4.78, 5) is 11.1. The molecule has 0 unspecified atom stereocenters. The average Bonchev–Trinajstić information content (AvgIpc) is 3.41. The van der Waals surface area contributed by atoms with Gasteiger partial charge in [0.05, 0.1) is 13.2 Å². The fourth-order valence-corrected chi connectivity index (χ4v) is 3.36. The minimum absolute atomic E-state index is 0.116. The Morgan fingerprint density at radius 2 is 1.72 bits per heavy atom. The first-order valence-corrected chi connectivity index (χ1v) is 10.1. The number of esters is 1. The average molecular weight is 347 g/mol. The molecule has 25 heavy (non-hydrogen) atoms. The first-order chi connectivity index (χ1) is 12.2. The Balaban J connectivity index is 1.58. The van der Waals surface area contributed by atoms with Gasteiger partial charge in [0.15, 0.2) is 0 Å². The molecule has 1 aromatic rings. The topological polar surface area (TPSA) is 38.8 Å². The van der Waals surface area contributed by atoms with Gasteiger partial charge in [0.25, 0.3) is 0 Å². The van der Waals surface area contributed by atoms with Crippen LogP contribution in [0.5, 0.6) is 0 Å². The SMILES string of the molecule is CCCCCCCCc1ccc([C@@H]2O[C@H]2CCCCC(=O)OC)cc1. The Hall–Kier alpha value is -1.35. The van der Waals surface area contributed by atoms with E-state index in [0.29, 0.717) is 12.5 Å². The summed E-state index contributed by atoms with van der Waals surface area (Å²) >= 11 is 0. The number of carbonyl (C=O) groups is 1. The van der Waals surface area contributed by atoms with Crippen molar-refractivity contribution in [1.29, 1.82) is 0 Å². The smallest absolute Gasteiger partial charge is 0.305 e. The van der Waals surface area contributed by atoms with Crippen molar-refractivity contribution < 1.29 is 14.3 Å². The number of rotatable bonds is 13. The number of epoxide rings is 1. The van der Waals surface area contributed by atoms with Gasteiger partial charge >= 0.3 is 5.97 Å². The van der Waals surface area contributed by atoms with Gasteiger partial charge in [-0.05, 0) is 36.8 Å². The van der Waals surface area contributed by atoms with Crippen molar-refractivity contribution in [2.24, 2.45) is 0 Å². The lowest BCUT2D eigenvalue weighted by Crippen LogP contribution is -2.00. The maximum absolute atomic E-state index is 11.1. The third-order valence-corrected chi connectivity index (χ3v) is 5.06. The van der Waals surface area contributed by atoms with E-state index in [1.807, 2.05) is 0 Å². The lowest BCUT2D eigenvalue weighted by atomic mass is 10.0. The van der Waals surface area contributed by atoms with Gasteiger partial charge in [-0.1, -0.05) is 69.7 Å². The molecule has 0 spiro atoms. The van der Waals surface area contributed by atoms with Gasteiger partial charge in [0.2, 0.25) is 0 Å². The van der Waals surface area contributed by atoms with E-state index in [1.54, 1.807) is 0 Å². The molecule has 2 atom stereocenters. The van der Waals surface area contributed by atoms with E-state index in [4.69, 9.17) is 4.74 Å². The molecule has 0 radical (unpaired) electrons. The van der Waals surface area contributed by atoms with Gasteiger partial charge in [0.1, 0.15) is 6.10 Å². The van der Waals surface area contributed by atoms with E-state index in [2.05, 4.69) is 35.9 Å². The van der Waals surface area contributed by atoms with E-state index in [1.165, 1.54) is 63.2 Å². The molecule has 1 aliphatic heterocycles. The second kappa shape index (κ2) is 11.3. The Morgan fingerprint density at radius 1 is 1.00 bits per heavy atom. The monoisotopic (exact) mass is 346 g/mol. The quantitative estimate of drug-likeness (QED) is 0.259. The third-order valence-electron chi connectivity index (χ3n) is 5.06. The summed E-state index contributed by atoms with van der Waals surface area (Å²) in [5.74, 6) is -0.116.